The number of nitrogens with zero attached hydrogens (tertiary/aromatic N) is 4. The molecule has 0 atom stereocenters. The van der Waals surface area contributed by atoms with E-state index >= 15 is 0 Å². The third-order valence-corrected chi connectivity index (χ3v) is 9.38. The Morgan fingerprint density at radius 3 is 1.15 bits per heavy atom. The van der Waals surface area contributed by atoms with Gasteiger partial charge in [-0.25, -0.2) is 4.85 Å². The number of aromatic nitrogens is 2. The summed E-state index contributed by atoms with van der Waals surface area (Å²) >= 11 is 0. The summed E-state index contributed by atoms with van der Waals surface area (Å²) in [5, 5.41) is 15.5. The van der Waals surface area contributed by atoms with Crippen LogP contribution in [-0.4, -0.2) is 9.13 Å². The third kappa shape index (κ3) is 3.88. The van der Waals surface area contributed by atoms with E-state index in [2.05, 4.69) is 117 Å². The van der Waals surface area contributed by atoms with Crippen molar-refractivity contribution in [3.8, 4) is 39.7 Å². The first-order valence-corrected chi connectivity index (χ1v) is 15.9. The first-order chi connectivity index (χ1) is 23.8. The molecule has 4 nitrogen and oxygen atoms in total. The zero-order chi connectivity index (χ0) is 32.2. The molecule has 7 aromatic carbocycles. The molecule has 0 radical (unpaired) electrons. The number of para-hydroxylation sites is 4. The molecule has 0 amide bonds. The Balaban J connectivity index is 1.66. The van der Waals surface area contributed by atoms with Gasteiger partial charge < -0.3 is 9.13 Å². The monoisotopic (exact) mass is 610 g/mol. The van der Waals surface area contributed by atoms with E-state index in [-0.39, 0.29) is 0 Å². The van der Waals surface area contributed by atoms with Gasteiger partial charge in [0.1, 0.15) is 0 Å². The number of fused-ring (bicyclic) bond motifs is 6. The van der Waals surface area contributed by atoms with Crippen LogP contribution in [0.3, 0.4) is 0 Å². The van der Waals surface area contributed by atoms with Crippen molar-refractivity contribution in [2.45, 2.75) is 0 Å². The lowest BCUT2D eigenvalue weighted by atomic mass is 9.88. The van der Waals surface area contributed by atoms with Gasteiger partial charge in [-0.2, -0.15) is 5.26 Å². The molecule has 222 valence electrons. The summed E-state index contributed by atoms with van der Waals surface area (Å²) in [5.74, 6) is 0. The minimum absolute atomic E-state index is 0.337. The molecule has 0 fully saturated rings. The average Bonchev–Trinajstić information content (AvgIpc) is 3.67. The molecule has 9 rings (SSSR count). The maximum atomic E-state index is 11.1. The molecule has 0 saturated heterocycles. The predicted octanol–water partition coefficient (Wildman–Crippen LogP) is 11.6. The normalized spacial score (nSPS) is 11.3. The highest BCUT2D eigenvalue weighted by atomic mass is 15.1. The molecular weight excluding hydrogens is 585 g/mol. The van der Waals surface area contributed by atoms with Crippen LogP contribution in [0.1, 0.15) is 5.56 Å². The summed E-state index contributed by atoms with van der Waals surface area (Å²) in [7, 11) is 0. The van der Waals surface area contributed by atoms with Gasteiger partial charge >= 0.3 is 0 Å². The Morgan fingerprint density at radius 2 is 0.771 bits per heavy atom. The van der Waals surface area contributed by atoms with Gasteiger partial charge in [0, 0.05) is 32.7 Å². The molecule has 0 aliphatic heterocycles. The lowest BCUT2D eigenvalue weighted by molar-refractivity contribution is 1.10. The summed E-state index contributed by atoms with van der Waals surface area (Å²) in [4.78, 5) is 4.19. The smallest absolute Gasteiger partial charge is 0.215 e. The highest BCUT2D eigenvalue weighted by Gasteiger charge is 2.31. The van der Waals surface area contributed by atoms with Crippen LogP contribution in [0.15, 0.2) is 158 Å². The minimum Gasteiger partial charge on any atom is -0.308 e. The van der Waals surface area contributed by atoms with Crippen molar-refractivity contribution in [2.24, 2.45) is 0 Å². The fourth-order valence-corrected chi connectivity index (χ4v) is 7.46. The molecule has 0 saturated carbocycles. The molecule has 4 heteroatoms. The van der Waals surface area contributed by atoms with E-state index in [0.29, 0.717) is 11.3 Å². The van der Waals surface area contributed by atoms with Crippen LogP contribution in [0, 0.1) is 17.9 Å². The van der Waals surface area contributed by atoms with E-state index in [1.54, 1.807) is 0 Å². The number of benzene rings is 7. The van der Waals surface area contributed by atoms with Gasteiger partial charge in [-0.15, -0.1) is 0 Å². The number of hydrogen-bond donors (Lipinski definition) is 0. The van der Waals surface area contributed by atoms with Crippen LogP contribution >= 0.6 is 0 Å². The van der Waals surface area contributed by atoms with Crippen molar-refractivity contribution in [1.82, 2.24) is 9.13 Å². The van der Waals surface area contributed by atoms with E-state index in [9.17, 15) is 5.26 Å². The Labute approximate surface area is 277 Å². The molecule has 0 N–H and O–H groups in total. The van der Waals surface area contributed by atoms with Crippen molar-refractivity contribution < 1.29 is 0 Å². The summed E-state index contributed by atoms with van der Waals surface area (Å²) in [6.45, 7) is 8.65. The van der Waals surface area contributed by atoms with Gasteiger partial charge in [-0.05, 0) is 35.4 Å². The summed E-state index contributed by atoms with van der Waals surface area (Å²) in [6, 6.07) is 56.4. The van der Waals surface area contributed by atoms with E-state index in [1.807, 2.05) is 60.7 Å². The Bertz CT molecular complexity index is 2490. The average molecular weight is 611 g/mol. The second kappa shape index (κ2) is 10.9. The Hall–Kier alpha value is -6.88. The fourth-order valence-electron chi connectivity index (χ4n) is 7.46. The summed E-state index contributed by atoms with van der Waals surface area (Å²) in [6.07, 6.45) is 0. The predicted molar refractivity (Wildman–Crippen MR) is 197 cm³/mol. The van der Waals surface area contributed by atoms with Crippen molar-refractivity contribution in [3.63, 3.8) is 0 Å². The highest BCUT2D eigenvalue weighted by molar-refractivity contribution is 6.14. The lowest BCUT2D eigenvalue weighted by Crippen LogP contribution is -2.10. The van der Waals surface area contributed by atoms with E-state index in [4.69, 9.17) is 6.57 Å². The highest BCUT2D eigenvalue weighted by Crippen LogP contribution is 2.51. The second-order valence-electron chi connectivity index (χ2n) is 11.9. The molecule has 48 heavy (non-hydrogen) atoms. The van der Waals surface area contributed by atoms with Crippen LogP contribution in [0.5, 0.6) is 0 Å². The number of hydrogen-bond acceptors (Lipinski definition) is 1. The molecule has 0 spiro atoms. The SMILES string of the molecule is [C-]#[N+]c1c(C#N)c(-c2ccccc2)c(-n2c3ccccc3c3ccccc32)c(-n2c3ccccc3c3ccccc32)c1-c1ccccc1. The number of nitriles is 1. The largest absolute Gasteiger partial charge is 0.308 e. The topological polar surface area (TPSA) is 38.0 Å². The van der Waals surface area contributed by atoms with Gasteiger partial charge in [-0.1, -0.05) is 133 Å². The van der Waals surface area contributed by atoms with Gasteiger partial charge in [-0.3, -0.25) is 0 Å². The maximum absolute atomic E-state index is 11.1. The minimum atomic E-state index is 0.337. The fraction of sp³-hybridized carbons (Fsp3) is 0. The first kappa shape index (κ1) is 27.4. The van der Waals surface area contributed by atoms with E-state index < -0.39 is 0 Å². The molecule has 2 aromatic heterocycles. The van der Waals surface area contributed by atoms with Gasteiger partial charge in [0.25, 0.3) is 0 Å². The number of rotatable bonds is 4. The first-order valence-electron chi connectivity index (χ1n) is 15.9. The Morgan fingerprint density at radius 1 is 0.438 bits per heavy atom. The van der Waals surface area contributed by atoms with Crippen molar-refractivity contribution in [3.05, 3.63) is 175 Å². The van der Waals surface area contributed by atoms with Gasteiger partial charge in [0.15, 0.2) is 0 Å². The van der Waals surface area contributed by atoms with Crippen LogP contribution < -0.4 is 0 Å². The standard InChI is InChI=1S/C44H26N4/c1-46-42-35(28-45)40(29-16-4-2-5-17-29)43(47-36-24-12-8-20-31(36)32-21-9-13-25-37(32)47)44(41(42)30-18-6-3-7-19-30)48-38-26-14-10-22-33(38)34-23-11-15-27-39(34)48/h2-27H. The summed E-state index contributed by atoms with van der Waals surface area (Å²) in [5.41, 5.74) is 9.71. The second-order valence-corrected chi connectivity index (χ2v) is 11.9. The molecule has 2 heterocycles. The van der Waals surface area contributed by atoms with Crippen LogP contribution in [-0.2, 0) is 0 Å². The van der Waals surface area contributed by atoms with Crippen LogP contribution in [0.25, 0.3) is 82.1 Å². The van der Waals surface area contributed by atoms with Crippen molar-refractivity contribution in [1.29, 1.82) is 5.26 Å². The zero-order valence-corrected chi connectivity index (χ0v) is 25.8. The molecule has 9 aromatic rings. The molecule has 0 aliphatic carbocycles. The van der Waals surface area contributed by atoms with Crippen molar-refractivity contribution in [2.75, 3.05) is 0 Å². The molecule has 0 bridgehead atoms. The third-order valence-electron chi connectivity index (χ3n) is 9.38. The van der Waals surface area contributed by atoms with Gasteiger partial charge in [0.2, 0.25) is 5.69 Å². The maximum Gasteiger partial charge on any atom is 0.215 e. The Kier molecular flexibility index (Phi) is 6.22. The quantitative estimate of drug-likeness (QED) is 0.183. The van der Waals surface area contributed by atoms with Crippen LogP contribution in [0.4, 0.5) is 5.69 Å². The van der Waals surface area contributed by atoms with Crippen molar-refractivity contribution >= 4 is 49.3 Å². The molecule has 0 unspecified atom stereocenters. The van der Waals surface area contributed by atoms with E-state index in [0.717, 1.165) is 77.2 Å². The molecule has 0 aliphatic rings. The summed E-state index contributed by atoms with van der Waals surface area (Å²) < 4.78 is 4.63. The zero-order valence-electron chi connectivity index (χ0n) is 25.8. The van der Waals surface area contributed by atoms with Crippen LogP contribution in [0.2, 0.25) is 0 Å². The lowest BCUT2D eigenvalue weighted by Gasteiger charge is -2.26. The van der Waals surface area contributed by atoms with Gasteiger partial charge in [0.05, 0.1) is 51.6 Å². The van der Waals surface area contributed by atoms with E-state index in [1.165, 1.54) is 0 Å². The molecular formula is C44H26N4.